The van der Waals surface area contributed by atoms with Crippen molar-refractivity contribution in [2.75, 3.05) is 19.0 Å². The summed E-state index contributed by atoms with van der Waals surface area (Å²) in [5, 5.41) is 13.1. The molecule has 4 rings (SSSR count). The quantitative estimate of drug-likeness (QED) is 0.191. The number of anilines is 1. The molecule has 0 unspecified atom stereocenters. The number of para-hydroxylation sites is 1. The summed E-state index contributed by atoms with van der Waals surface area (Å²) in [6.45, 7) is -0.338. The number of thioether (sulfide) groups is 1. The number of imide groups is 1. The number of nitro benzene ring substituents is 1. The fourth-order valence-electron chi connectivity index (χ4n) is 3.50. The molecule has 1 aliphatic heterocycles. The predicted octanol–water partition coefficient (Wildman–Crippen LogP) is 5.62. The number of carbonyl (C=O) groups excluding carboxylic acids is 3. The van der Waals surface area contributed by atoms with Crippen LogP contribution < -0.4 is 14.8 Å². The van der Waals surface area contributed by atoms with E-state index in [1.54, 1.807) is 54.6 Å². The van der Waals surface area contributed by atoms with Crippen molar-refractivity contribution >= 4 is 62.2 Å². The Morgan fingerprint density at radius 2 is 1.89 bits per heavy atom. The maximum atomic E-state index is 12.9. The summed E-state index contributed by atoms with van der Waals surface area (Å²) in [6.07, 6.45) is 1.53. The number of rotatable bonds is 9. The van der Waals surface area contributed by atoms with Gasteiger partial charge in [0.15, 0.2) is 11.5 Å². The summed E-state index contributed by atoms with van der Waals surface area (Å²) in [5.74, 6) is -0.316. The van der Waals surface area contributed by atoms with Gasteiger partial charge in [0.05, 0.1) is 22.6 Å². The second-order valence-electron chi connectivity index (χ2n) is 7.92. The smallest absolute Gasteiger partial charge is 0.294 e. The van der Waals surface area contributed by atoms with Gasteiger partial charge in [0.25, 0.3) is 16.8 Å². The van der Waals surface area contributed by atoms with Crippen LogP contribution in [0.1, 0.15) is 11.1 Å². The molecule has 3 aromatic carbocycles. The minimum absolute atomic E-state index is 0.0345. The van der Waals surface area contributed by atoms with Gasteiger partial charge in [0.2, 0.25) is 5.91 Å². The molecule has 0 spiro atoms. The molecule has 1 heterocycles. The van der Waals surface area contributed by atoms with E-state index in [-0.39, 0.29) is 17.2 Å². The van der Waals surface area contributed by atoms with Crippen molar-refractivity contribution in [2.24, 2.45) is 0 Å². The van der Waals surface area contributed by atoms with Crippen LogP contribution >= 0.6 is 27.7 Å². The van der Waals surface area contributed by atoms with E-state index in [9.17, 15) is 24.5 Å². The minimum Gasteiger partial charge on any atom is -0.493 e. The molecule has 0 radical (unpaired) electrons. The molecule has 0 aliphatic carbocycles. The Morgan fingerprint density at radius 1 is 1.11 bits per heavy atom. The summed E-state index contributed by atoms with van der Waals surface area (Å²) >= 11 is 4.07. The van der Waals surface area contributed by atoms with Gasteiger partial charge in [-0.2, -0.15) is 0 Å². The first-order chi connectivity index (χ1) is 18.2. The standard InChI is InChI=1S/C26H20BrN3O7S/c1-36-22-12-16(9-10-21(22)37-15-17-5-4-6-18(11-17)30(34)35)13-23-25(32)29(26(33)38-23)14-24(31)28-20-8-3-2-7-19(20)27/h2-13H,14-15H2,1H3,(H,28,31)/b23-13+. The van der Waals surface area contributed by atoms with Crippen LogP contribution in [0, 0.1) is 10.1 Å². The summed E-state index contributed by atoms with van der Waals surface area (Å²) in [5.41, 5.74) is 1.68. The number of halogens is 1. The summed E-state index contributed by atoms with van der Waals surface area (Å²) in [7, 11) is 1.46. The van der Waals surface area contributed by atoms with Crippen LogP contribution in [0.25, 0.3) is 6.08 Å². The van der Waals surface area contributed by atoms with E-state index in [1.165, 1.54) is 25.3 Å². The van der Waals surface area contributed by atoms with Gasteiger partial charge in [0, 0.05) is 16.6 Å². The highest BCUT2D eigenvalue weighted by Gasteiger charge is 2.36. The Morgan fingerprint density at radius 3 is 2.63 bits per heavy atom. The Balaban J connectivity index is 1.43. The van der Waals surface area contributed by atoms with Gasteiger partial charge >= 0.3 is 0 Å². The molecule has 1 N–H and O–H groups in total. The van der Waals surface area contributed by atoms with Crippen molar-refractivity contribution in [3.63, 3.8) is 0 Å². The number of methoxy groups -OCH3 is 1. The van der Waals surface area contributed by atoms with Crippen molar-refractivity contribution in [1.29, 1.82) is 0 Å². The van der Waals surface area contributed by atoms with E-state index in [4.69, 9.17) is 9.47 Å². The maximum Gasteiger partial charge on any atom is 0.294 e. The van der Waals surface area contributed by atoms with Crippen LogP contribution in [-0.2, 0) is 16.2 Å². The Labute approximate surface area is 229 Å². The lowest BCUT2D eigenvalue weighted by molar-refractivity contribution is -0.384. The number of amides is 3. The fourth-order valence-corrected chi connectivity index (χ4v) is 4.72. The molecule has 12 heteroatoms. The van der Waals surface area contributed by atoms with Crippen LogP contribution in [0.4, 0.5) is 16.2 Å². The van der Waals surface area contributed by atoms with E-state index >= 15 is 0 Å². The number of nitrogens with one attached hydrogen (secondary N) is 1. The number of hydrogen-bond acceptors (Lipinski definition) is 8. The Hall–Kier alpha value is -4.16. The van der Waals surface area contributed by atoms with E-state index in [2.05, 4.69) is 21.2 Å². The van der Waals surface area contributed by atoms with Gasteiger partial charge in [-0.15, -0.1) is 0 Å². The molecule has 3 aromatic rings. The molecule has 0 bridgehead atoms. The second-order valence-corrected chi connectivity index (χ2v) is 9.77. The second kappa shape index (κ2) is 11.9. The van der Waals surface area contributed by atoms with Gasteiger partial charge in [0.1, 0.15) is 13.2 Å². The molecule has 1 aliphatic rings. The van der Waals surface area contributed by atoms with E-state index < -0.39 is 28.5 Å². The van der Waals surface area contributed by atoms with Crippen molar-refractivity contribution in [3.05, 3.63) is 97.3 Å². The lowest BCUT2D eigenvalue weighted by Crippen LogP contribution is -2.36. The molecule has 0 atom stereocenters. The zero-order valence-corrected chi connectivity index (χ0v) is 22.3. The molecule has 3 amide bonds. The number of nitro groups is 1. The molecular formula is C26H20BrN3O7S. The number of carbonyl (C=O) groups is 3. The van der Waals surface area contributed by atoms with Crippen molar-refractivity contribution in [3.8, 4) is 11.5 Å². The normalized spacial score (nSPS) is 14.1. The third kappa shape index (κ3) is 6.39. The molecule has 1 saturated heterocycles. The monoisotopic (exact) mass is 597 g/mol. The van der Waals surface area contributed by atoms with Crippen LogP contribution in [-0.4, -0.2) is 40.5 Å². The van der Waals surface area contributed by atoms with Crippen LogP contribution in [0.5, 0.6) is 11.5 Å². The average molecular weight is 598 g/mol. The number of non-ortho nitro benzene ring substituents is 1. The van der Waals surface area contributed by atoms with Crippen LogP contribution in [0.3, 0.4) is 0 Å². The van der Waals surface area contributed by atoms with Crippen molar-refractivity contribution < 1.29 is 28.8 Å². The number of benzene rings is 3. The van der Waals surface area contributed by atoms with Gasteiger partial charge in [-0.1, -0.05) is 30.3 Å². The van der Waals surface area contributed by atoms with Crippen molar-refractivity contribution in [2.45, 2.75) is 6.61 Å². The summed E-state index contributed by atoms with van der Waals surface area (Å²) < 4.78 is 11.9. The van der Waals surface area contributed by atoms with Crippen LogP contribution in [0.2, 0.25) is 0 Å². The third-order valence-electron chi connectivity index (χ3n) is 5.32. The number of hydrogen-bond donors (Lipinski definition) is 1. The maximum absolute atomic E-state index is 12.9. The minimum atomic E-state index is -0.577. The molecule has 1 fully saturated rings. The highest BCUT2D eigenvalue weighted by atomic mass is 79.9. The molecule has 38 heavy (non-hydrogen) atoms. The van der Waals surface area contributed by atoms with Crippen LogP contribution in [0.15, 0.2) is 76.1 Å². The Bertz CT molecular complexity index is 1460. The average Bonchev–Trinajstić information content (AvgIpc) is 3.16. The highest BCUT2D eigenvalue weighted by molar-refractivity contribution is 9.10. The topological polar surface area (TPSA) is 128 Å². The zero-order chi connectivity index (χ0) is 27.2. The molecule has 194 valence electrons. The van der Waals surface area contributed by atoms with Gasteiger partial charge in [-0.25, -0.2) is 0 Å². The number of nitrogens with zero attached hydrogens (tertiary/aromatic N) is 2. The Kier molecular flexibility index (Phi) is 8.44. The largest absolute Gasteiger partial charge is 0.493 e. The molecule has 10 nitrogen and oxygen atoms in total. The highest BCUT2D eigenvalue weighted by Crippen LogP contribution is 2.35. The third-order valence-corrected chi connectivity index (χ3v) is 6.92. The summed E-state index contributed by atoms with van der Waals surface area (Å²) in [6, 6.07) is 18.1. The first kappa shape index (κ1) is 26.9. The summed E-state index contributed by atoms with van der Waals surface area (Å²) in [4.78, 5) is 49.3. The molecule has 0 saturated carbocycles. The molecular weight excluding hydrogens is 578 g/mol. The lowest BCUT2D eigenvalue weighted by atomic mass is 10.1. The lowest BCUT2D eigenvalue weighted by Gasteiger charge is -2.13. The zero-order valence-electron chi connectivity index (χ0n) is 19.9. The van der Waals surface area contributed by atoms with Gasteiger partial charge < -0.3 is 14.8 Å². The van der Waals surface area contributed by atoms with Crippen molar-refractivity contribution in [1.82, 2.24) is 4.90 Å². The van der Waals surface area contributed by atoms with E-state index in [0.29, 0.717) is 32.8 Å². The number of ether oxygens (including phenoxy) is 2. The first-order valence-corrected chi connectivity index (χ1v) is 12.7. The van der Waals surface area contributed by atoms with Gasteiger partial charge in [-0.3, -0.25) is 29.4 Å². The van der Waals surface area contributed by atoms with Gasteiger partial charge in [-0.05, 0) is 69.2 Å². The van der Waals surface area contributed by atoms with E-state index in [0.717, 1.165) is 16.7 Å². The van der Waals surface area contributed by atoms with E-state index in [1.807, 2.05) is 0 Å². The fraction of sp³-hybridized carbons (Fsp3) is 0.115. The molecule has 0 aromatic heterocycles. The first-order valence-electron chi connectivity index (χ1n) is 11.1. The predicted molar refractivity (Wildman–Crippen MR) is 146 cm³/mol. The SMILES string of the molecule is COc1cc(/C=C2/SC(=O)N(CC(=O)Nc3ccccc3Br)C2=O)ccc1OCc1cccc([N+](=O)[O-])c1.